The summed E-state index contributed by atoms with van der Waals surface area (Å²) < 4.78 is 38.2. The topological polar surface area (TPSA) is 84.9 Å². The lowest BCUT2D eigenvalue weighted by molar-refractivity contribution is -0.125. The molecule has 28 heavy (non-hydrogen) atoms. The van der Waals surface area contributed by atoms with Crippen molar-refractivity contribution in [3.05, 3.63) is 48.0 Å². The number of nitrogens with zero attached hydrogens (tertiary/aromatic N) is 1. The smallest absolute Gasteiger partial charge is 0.269 e. The summed E-state index contributed by atoms with van der Waals surface area (Å²) in [6, 6.07) is 11.8. The molecule has 1 aliphatic rings. The van der Waals surface area contributed by atoms with E-state index >= 15 is 0 Å². The number of sulfonamides is 1. The van der Waals surface area contributed by atoms with E-state index in [1.54, 1.807) is 51.1 Å². The van der Waals surface area contributed by atoms with Crippen LogP contribution in [0.25, 0.3) is 0 Å². The zero-order chi connectivity index (χ0) is 20.3. The molecule has 1 amide bonds. The number of amides is 1. The van der Waals surface area contributed by atoms with Crippen LogP contribution in [-0.4, -0.2) is 44.4 Å². The van der Waals surface area contributed by atoms with E-state index < -0.39 is 22.0 Å². The molecule has 8 heteroatoms. The van der Waals surface area contributed by atoms with E-state index in [9.17, 15) is 13.2 Å². The number of fused-ring (bicyclic) bond motifs is 1. The summed E-state index contributed by atoms with van der Waals surface area (Å²) in [7, 11) is -3.62. The molecule has 0 fully saturated rings. The molecule has 2 aromatic rings. The average Bonchev–Trinajstić information content (AvgIpc) is 2.69. The molecule has 0 aliphatic carbocycles. The monoisotopic (exact) mass is 404 g/mol. The van der Waals surface area contributed by atoms with Crippen molar-refractivity contribution in [2.75, 3.05) is 25.0 Å². The third-order valence-corrected chi connectivity index (χ3v) is 6.66. The highest BCUT2D eigenvalue weighted by atomic mass is 32.2. The van der Waals surface area contributed by atoms with Gasteiger partial charge >= 0.3 is 0 Å². The summed E-state index contributed by atoms with van der Waals surface area (Å²) in [4.78, 5) is 12.8. The number of para-hydroxylation sites is 2. The second-order valence-electron chi connectivity index (χ2n) is 6.42. The van der Waals surface area contributed by atoms with Crippen LogP contribution in [0.3, 0.4) is 0 Å². The van der Waals surface area contributed by atoms with Crippen LogP contribution >= 0.6 is 0 Å². The summed E-state index contributed by atoms with van der Waals surface area (Å²) in [5.74, 6) is 0.702. The molecule has 0 bridgehead atoms. The average molecular weight is 404 g/mol. The van der Waals surface area contributed by atoms with Crippen molar-refractivity contribution >= 4 is 21.6 Å². The predicted octanol–water partition coefficient (Wildman–Crippen LogP) is 2.80. The van der Waals surface area contributed by atoms with Crippen molar-refractivity contribution < 1.29 is 22.7 Å². The van der Waals surface area contributed by atoms with Gasteiger partial charge in [0, 0.05) is 18.8 Å². The second-order valence-corrected chi connectivity index (χ2v) is 8.36. The number of anilines is 1. The lowest BCUT2D eigenvalue weighted by atomic mass is 10.2. The molecule has 7 nitrogen and oxygen atoms in total. The SMILES string of the molecule is CCN(CC)S(=O)(=O)c1ccc(C)c(NC(=O)[C@@H]2COc3ccccc3O2)c1. The van der Waals surface area contributed by atoms with E-state index in [1.807, 2.05) is 6.07 Å². The fraction of sp³-hybridized carbons (Fsp3) is 0.350. The number of hydrogen-bond donors (Lipinski definition) is 1. The highest BCUT2D eigenvalue weighted by Crippen LogP contribution is 2.31. The molecule has 1 aliphatic heterocycles. The van der Waals surface area contributed by atoms with Crippen LogP contribution in [0.4, 0.5) is 5.69 Å². The van der Waals surface area contributed by atoms with Gasteiger partial charge in [0.15, 0.2) is 11.5 Å². The maximum atomic E-state index is 12.8. The van der Waals surface area contributed by atoms with Gasteiger partial charge in [0.05, 0.1) is 4.90 Å². The van der Waals surface area contributed by atoms with Gasteiger partial charge in [0.25, 0.3) is 5.91 Å². The number of benzene rings is 2. The standard InChI is InChI=1S/C20H24N2O5S/c1-4-22(5-2)28(24,25)15-11-10-14(3)16(12-15)21-20(23)19-13-26-17-8-6-7-9-18(17)27-19/h6-12,19H,4-5,13H2,1-3H3,(H,21,23)/t19-/m0/s1. The summed E-state index contributed by atoms with van der Waals surface area (Å²) in [6.45, 7) is 6.21. The zero-order valence-electron chi connectivity index (χ0n) is 16.1. The summed E-state index contributed by atoms with van der Waals surface area (Å²) in [5.41, 5.74) is 1.18. The Morgan fingerprint density at radius 2 is 1.82 bits per heavy atom. The quantitative estimate of drug-likeness (QED) is 0.800. The van der Waals surface area contributed by atoms with Gasteiger partial charge in [-0.15, -0.1) is 0 Å². The van der Waals surface area contributed by atoms with Gasteiger partial charge in [-0.25, -0.2) is 8.42 Å². The van der Waals surface area contributed by atoms with Crippen molar-refractivity contribution in [1.29, 1.82) is 0 Å². The van der Waals surface area contributed by atoms with E-state index in [-0.39, 0.29) is 11.5 Å². The molecule has 0 saturated carbocycles. The van der Waals surface area contributed by atoms with Crippen molar-refractivity contribution in [1.82, 2.24) is 4.31 Å². The van der Waals surface area contributed by atoms with Crippen molar-refractivity contribution in [2.24, 2.45) is 0 Å². The van der Waals surface area contributed by atoms with E-state index in [1.165, 1.54) is 10.4 Å². The Morgan fingerprint density at radius 1 is 1.14 bits per heavy atom. The number of aryl methyl sites for hydroxylation is 1. The Morgan fingerprint density at radius 3 is 2.50 bits per heavy atom. The molecule has 0 spiro atoms. The van der Waals surface area contributed by atoms with Gasteiger partial charge in [-0.05, 0) is 36.8 Å². The van der Waals surface area contributed by atoms with E-state index in [4.69, 9.17) is 9.47 Å². The Bertz CT molecular complexity index is 970. The van der Waals surface area contributed by atoms with Crippen LogP contribution in [0.5, 0.6) is 11.5 Å². The number of ether oxygens (including phenoxy) is 2. The molecule has 1 heterocycles. The van der Waals surface area contributed by atoms with Gasteiger partial charge in [-0.1, -0.05) is 32.0 Å². The number of carbonyl (C=O) groups is 1. The van der Waals surface area contributed by atoms with Crippen LogP contribution in [0.2, 0.25) is 0 Å². The third-order valence-electron chi connectivity index (χ3n) is 4.61. The molecule has 1 atom stereocenters. The largest absolute Gasteiger partial charge is 0.485 e. The Hall–Kier alpha value is -2.58. The molecule has 0 radical (unpaired) electrons. The number of hydrogen-bond acceptors (Lipinski definition) is 5. The fourth-order valence-electron chi connectivity index (χ4n) is 2.97. The van der Waals surface area contributed by atoms with Gasteiger partial charge in [0.2, 0.25) is 16.1 Å². The summed E-state index contributed by atoms with van der Waals surface area (Å²) in [5, 5.41) is 2.77. The highest BCUT2D eigenvalue weighted by molar-refractivity contribution is 7.89. The first-order valence-electron chi connectivity index (χ1n) is 9.17. The van der Waals surface area contributed by atoms with Crippen LogP contribution in [0.15, 0.2) is 47.4 Å². The molecule has 0 saturated heterocycles. The predicted molar refractivity (Wildman–Crippen MR) is 106 cm³/mol. The van der Waals surface area contributed by atoms with Crippen LogP contribution in [0, 0.1) is 6.92 Å². The molecule has 0 aromatic heterocycles. The second kappa shape index (κ2) is 8.20. The van der Waals surface area contributed by atoms with Gasteiger partial charge in [-0.2, -0.15) is 4.31 Å². The van der Waals surface area contributed by atoms with Gasteiger partial charge in [0.1, 0.15) is 6.61 Å². The lowest BCUT2D eigenvalue weighted by Gasteiger charge is -2.26. The first-order chi connectivity index (χ1) is 13.4. The van der Waals surface area contributed by atoms with Crippen LogP contribution in [0.1, 0.15) is 19.4 Å². The normalized spacial score (nSPS) is 16.1. The molecule has 1 N–H and O–H groups in total. The molecular formula is C20H24N2O5S. The van der Waals surface area contributed by atoms with Gasteiger partial charge in [-0.3, -0.25) is 4.79 Å². The van der Waals surface area contributed by atoms with Crippen molar-refractivity contribution in [2.45, 2.75) is 31.8 Å². The molecule has 0 unspecified atom stereocenters. The van der Waals surface area contributed by atoms with Crippen molar-refractivity contribution in [3.8, 4) is 11.5 Å². The Balaban J connectivity index is 1.80. The van der Waals surface area contributed by atoms with Gasteiger partial charge < -0.3 is 14.8 Å². The van der Waals surface area contributed by atoms with Crippen LogP contribution < -0.4 is 14.8 Å². The molecule has 150 valence electrons. The van der Waals surface area contributed by atoms with E-state index in [0.717, 1.165) is 5.56 Å². The number of carbonyl (C=O) groups excluding carboxylic acids is 1. The molecule has 2 aromatic carbocycles. The van der Waals surface area contributed by atoms with E-state index in [2.05, 4.69) is 5.32 Å². The maximum Gasteiger partial charge on any atom is 0.269 e. The lowest BCUT2D eigenvalue weighted by Crippen LogP contribution is -2.40. The highest BCUT2D eigenvalue weighted by Gasteiger charge is 2.28. The number of rotatable bonds is 6. The van der Waals surface area contributed by atoms with Crippen LogP contribution in [-0.2, 0) is 14.8 Å². The molecule has 3 rings (SSSR count). The Kier molecular flexibility index (Phi) is 5.90. The third kappa shape index (κ3) is 3.98. The maximum absolute atomic E-state index is 12.8. The molecular weight excluding hydrogens is 380 g/mol. The minimum atomic E-state index is -3.62. The fourth-order valence-corrected chi connectivity index (χ4v) is 4.46. The first kappa shape index (κ1) is 20.2. The summed E-state index contributed by atoms with van der Waals surface area (Å²) >= 11 is 0. The zero-order valence-corrected chi connectivity index (χ0v) is 17.0. The minimum absolute atomic E-state index is 0.0827. The van der Waals surface area contributed by atoms with Crippen molar-refractivity contribution in [3.63, 3.8) is 0 Å². The van der Waals surface area contributed by atoms with E-state index in [0.29, 0.717) is 30.3 Å². The Labute approximate surface area is 165 Å². The summed E-state index contributed by atoms with van der Waals surface area (Å²) in [6.07, 6.45) is -0.822. The minimum Gasteiger partial charge on any atom is -0.485 e. The number of nitrogens with one attached hydrogen (secondary N) is 1. The first-order valence-corrected chi connectivity index (χ1v) is 10.6.